The van der Waals surface area contributed by atoms with Gasteiger partial charge in [0.2, 0.25) is 5.88 Å². The molecule has 0 spiro atoms. The number of nitrogens with zero attached hydrogens (tertiary/aromatic N) is 2. The van der Waals surface area contributed by atoms with Crippen molar-refractivity contribution in [3.8, 4) is 11.6 Å². The minimum atomic E-state index is -1.26. The number of carboxylic acid groups (broad SMARTS) is 2. The molecule has 33 heavy (non-hydrogen) atoms. The number of benzene rings is 2. The van der Waals surface area contributed by atoms with Crippen LogP contribution < -0.4 is 10.1 Å². The first-order chi connectivity index (χ1) is 15.8. The molecule has 0 bridgehead atoms. The molecule has 11 heteroatoms. The van der Waals surface area contributed by atoms with E-state index in [1.54, 1.807) is 24.3 Å². The summed E-state index contributed by atoms with van der Waals surface area (Å²) in [4.78, 5) is 19.1. The summed E-state index contributed by atoms with van der Waals surface area (Å²) in [7, 11) is 0. The van der Waals surface area contributed by atoms with Gasteiger partial charge in [0.15, 0.2) is 0 Å². The van der Waals surface area contributed by atoms with Crippen LogP contribution in [0.3, 0.4) is 0 Å². The van der Waals surface area contributed by atoms with Crippen molar-refractivity contribution in [1.29, 1.82) is 0 Å². The number of morpholine rings is 1. The maximum atomic E-state index is 14.2. The lowest BCUT2D eigenvalue weighted by atomic mass is 10.2. The van der Waals surface area contributed by atoms with Gasteiger partial charge in [-0.05, 0) is 30.3 Å². The van der Waals surface area contributed by atoms with Gasteiger partial charge in [-0.1, -0.05) is 12.1 Å². The first-order valence-corrected chi connectivity index (χ1v) is 9.87. The number of nitrogens with one attached hydrogen (secondary N) is 1. The Morgan fingerprint density at radius 2 is 1.91 bits per heavy atom. The van der Waals surface area contributed by atoms with Crippen LogP contribution >= 0.6 is 0 Å². The number of rotatable bonds is 6. The van der Waals surface area contributed by atoms with E-state index in [0.717, 1.165) is 6.54 Å². The van der Waals surface area contributed by atoms with Crippen LogP contribution in [0.2, 0.25) is 0 Å². The fraction of sp³-hybridized carbons (Fsp3) is 0.227. The number of aliphatic carboxylic acids is 2. The summed E-state index contributed by atoms with van der Waals surface area (Å²) in [6.45, 7) is 2.40. The summed E-state index contributed by atoms with van der Waals surface area (Å²) in [6.07, 6.45) is 1.01. The summed E-state index contributed by atoms with van der Waals surface area (Å²) in [5.41, 5.74) is 0.855. The van der Waals surface area contributed by atoms with Crippen LogP contribution in [0.5, 0.6) is 5.88 Å². The molecule has 1 aliphatic heterocycles. The molecule has 0 unspecified atom stereocenters. The molecular formula is C22H21F2N3O6. The molecular weight excluding hydrogens is 440 g/mol. The van der Waals surface area contributed by atoms with Gasteiger partial charge < -0.3 is 25.0 Å². The van der Waals surface area contributed by atoms with Crippen molar-refractivity contribution in [3.63, 3.8) is 0 Å². The van der Waals surface area contributed by atoms with Crippen molar-refractivity contribution in [2.45, 2.75) is 6.10 Å². The molecule has 0 radical (unpaired) electrons. The molecule has 3 N–H and O–H groups in total. The Morgan fingerprint density at radius 1 is 1.18 bits per heavy atom. The Labute approximate surface area is 186 Å². The lowest BCUT2D eigenvalue weighted by Gasteiger charge is -2.23. The number of carbonyl (C=O) groups is 2. The average Bonchev–Trinajstić information content (AvgIpc) is 3.15. The van der Waals surface area contributed by atoms with Gasteiger partial charge in [-0.15, -0.1) is 5.10 Å². The van der Waals surface area contributed by atoms with Crippen LogP contribution in [0.25, 0.3) is 16.6 Å². The highest BCUT2D eigenvalue weighted by molar-refractivity contribution is 5.89. The van der Waals surface area contributed by atoms with Gasteiger partial charge in [0.1, 0.15) is 30.0 Å². The lowest BCUT2D eigenvalue weighted by Crippen LogP contribution is -2.41. The molecule has 174 valence electrons. The Balaban J connectivity index is 0.000000331. The molecule has 3 aromatic rings. The highest BCUT2D eigenvalue weighted by atomic mass is 19.1. The molecule has 1 atom stereocenters. The number of ether oxygens (including phenoxy) is 2. The van der Waals surface area contributed by atoms with Crippen LogP contribution in [-0.2, 0) is 14.3 Å². The molecule has 0 amide bonds. The van der Waals surface area contributed by atoms with E-state index in [9.17, 15) is 18.4 Å². The Morgan fingerprint density at radius 3 is 2.55 bits per heavy atom. The topological polar surface area (TPSA) is 123 Å². The van der Waals surface area contributed by atoms with E-state index in [1.807, 2.05) is 0 Å². The predicted molar refractivity (Wildman–Crippen MR) is 114 cm³/mol. The number of aromatic nitrogens is 2. The molecule has 9 nitrogen and oxygen atoms in total. The monoisotopic (exact) mass is 461 g/mol. The summed E-state index contributed by atoms with van der Waals surface area (Å²) >= 11 is 0. The molecule has 1 aliphatic rings. The maximum Gasteiger partial charge on any atom is 0.328 e. The Hall–Kier alpha value is -3.83. The van der Waals surface area contributed by atoms with E-state index in [0.29, 0.717) is 36.2 Å². The average molecular weight is 461 g/mol. The first kappa shape index (κ1) is 23.8. The fourth-order valence-electron chi connectivity index (χ4n) is 3.02. The van der Waals surface area contributed by atoms with Gasteiger partial charge in [-0.3, -0.25) is 0 Å². The lowest BCUT2D eigenvalue weighted by molar-refractivity contribution is -0.134. The number of para-hydroxylation sites is 1. The van der Waals surface area contributed by atoms with Crippen LogP contribution in [0.1, 0.15) is 0 Å². The fourth-order valence-corrected chi connectivity index (χ4v) is 3.02. The van der Waals surface area contributed by atoms with Gasteiger partial charge >= 0.3 is 11.9 Å². The van der Waals surface area contributed by atoms with E-state index in [2.05, 4.69) is 10.4 Å². The van der Waals surface area contributed by atoms with Crippen molar-refractivity contribution < 1.29 is 38.1 Å². The van der Waals surface area contributed by atoms with E-state index >= 15 is 0 Å². The van der Waals surface area contributed by atoms with Crippen molar-refractivity contribution >= 4 is 22.8 Å². The standard InChI is InChI=1S/C18H17F2N3O2.C4H4O4/c19-12-5-6-16-14(9-12)18(25-11-13-10-21-7-8-24-13)22-23(16)17-4-2-1-3-15(17)20;5-3(6)1-2-4(7)8/h1-6,9,13,21H,7-8,10-11H2;1-2H,(H,5,6)(H,7,8)/t13-;/m0./s1. The largest absolute Gasteiger partial charge is 0.478 e. The van der Waals surface area contributed by atoms with Crippen LogP contribution in [0, 0.1) is 11.6 Å². The first-order valence-electron chi connectivity index (χ1n) is 9.87. The van der Waals surface area contributed by atoms with Gasteiger partial charge in [0, 0.05) is 25.2 Å². The second kappa shape index (κ2) is 11.2. The number of hydrogen-bond acceptors (Lipinski definition) is 6. The molecule has 1 aromatic heterocycles. The van der Waals surface area contributed by atoms with Crippen molar-refractivity contribution in [3.05, 3.63) is 66.3 Å². The van der Waals surface area contributed by atoms with Gasteiger partial charge in [0.05, 0.1) is 17.5 Å². The quantitative estimate of drug-likeness (QED) is 0.479. The highest BCUT2D eigenvalue weighted by Gasteiger charge is 2.19. The third-order valence-corrected chi connectivity index (χ3v) is 4.47. The maximum absolute atomic E-state index is 14.2. The van der Waals surface area contributed by atoms with E-state index in [-0.39, 0.29) is 24.3 Å². The van der Waals surface area contributed by atoms with Crippen molar-refractivity contribution in [2.24, 2.45) is 0 Å². The molecule has 2 aromatic carbocycles. The zero-order valence-electron chi connectivity index (χ0n) is 17.3. The van der Waals surface area contributed by atoms with Crippen LogP contribution in [0.15, 0.2) is 54.6 Å². The third kappa shape index (κ3) is 6.57. The summed E-state index contributed by atoms with van der Waals surface area (Å²) < 4.78 is 40.7. The van der Waals surface area contributed by atoms with Crippen LogP contribution in [-0.4, -0.2) is 64.3 Å². The molecule has 1 fully saturated rings. The van der Waals surface area contributed by atoms with E-state index in [1.165, 1.54) is 22.9 Å². The normalized spacial score (nSPS) is 15.8. The molecule has 1 saturated heterocycles. The molecule has 4 rings (SSSR count). The van der Waals surface area contributed by atoms with Gasteiger partial charge in [-0.25, -0.2) is 23.1 Å². The van der Waals surface area contributed by atoms with Crippen molar-refractivity contribution in [2.75, 3.05) is 26.3 Å². The number of hydrogen-bond donors (Lipinski definition) is 3. The minimum Gasteiger partial charge on any atom is -0.478 e. The second-order valence-electron chi connectivity index (χ2n) is 6.85. The van der Waals surface area contributed by atoms with Gasteiger partial charge in [-0.2, -0.15) is 0 Å². The summed E-state index contributed by atoms with van der Waals surface area (Å²) in [5, 5.41) is 23.7. The zero-order chi connectivity index (χ0) is 23.8. The number of carboxylic acids is 2. The Kier molecular flexibility index (Phi) is 8.06. The molecule has 0 aliphatic carbocycles. The minimum absolute atomic E-state index is 0.101. The van der Waals surface area contributed by atoms with Gasteiger partial charge in [0.25, 0.3) is 0 Å². The smallest absolute Gasteiger partial charge is 0.328 e. The van der Waals surface area contributed by atoms with Crippen LogP contribution in [0.4, 0.5) is 8.78 Å². The summed E-state index contributed by atoms with van der Waals surface area (Å²) in [5.74, 6) is -3.07. The van der Waals surface area contributed by atoms with E-state index < -0.39 is 23.6 Å². The zero-order valence-corrected chi connectivity index (χ0v) is 17.3. The Bertz CT molecular complexity index is 1140. The highest BCUT2D eigenvalue weighted by Crippen LogP contribution is 2.29. The predicted octanol–water partition coefficient (Wildman–Crippen LogP) is 2.38. The van der Waals surface area contributed by atoms with Crippen molar-refractivity contribution in [1.82, 2.24) is 15.1 Å². The second-order valence-corrected chi connectivity index (χ2v) is 6.85. The number of fused-ring (bicyclic) bond motifs is 1. The molecule has 2 heterocycles. The van der Waals surface area contributed by atoms with E-state index in [4.69, 9.17) is 19.7 Å². The third-order valence-electron chi connectivity index (χ3n) is 4.47. The molecule has 0 saturated carbocycles. The SMILES string of the molecule is Fc1ccc2c(c1)c(OC[C@@H]1CNCCO1)nn2-c1ccccc1F.O=C(O)C=CC(=O)O. The summed E-state index contributed by atoms with van der Waals surface area (Å²) in [6, 6.07) is 10.5. The number of halogens is 2.